The van der Waals surface area contributed by atoms with E-state index in [0.29, 0.717) is 18.6 Å². The van der Waals surface area contributed by atoms with Crippen LogP contribution >= 0.6 is 0 Å². The third-order valence-corrected chi connectivity index (χ3v) is 6.70. The van der Waals surface area contributed by atoms with Crippen LogP contribution in [0, 0.1) is 0 Å². The number of carbonyl (C=O) groups is 1. The summed E-state index contributed by atoms with van der Waals surface area (Å²) in [6.45, 7) is 7.17. The van der Waals surface area contributed by atoms with Crippen LogP contribution in [0.5, 0.6) is 5.75 Å². The molecule has 4 rings (SSSR count). The van der Waals surface area contributed by atoms with Gasteiger partial charge >= 0.3 is 6.18 Å². The second-order valence-corrected chi connectivity index (χ2v) is 10.5. The number of alkyl halides is 4. The summed E-state index contributed by atoms with van der Waals surface area (Å²) in [5.74, 6) is -1.00. The topological polar surface area (TPSA) is 67.0 Å². The third-order valence-electron chi connectivity index (χ3n) is 6.70. The molecule has 3 atom stereocenters. The predicted octanol–water partition coefficient (Wildman–Crippen LogP) is 4.57. The van der Waals surface area contributed by atoms with Gasteiger partial charge in [-0.15, -0.1) is 0 Å². The number of aromatic nitrogens is 2. The summed E-state index contributed by atoms with van der Waals surface area (Å²) >= 11 is 0. The van der Waals surface area contributed by atoms with Gasteiger partial charge in [-0.05, 0) is 31.0 Å². The molecule has 0 radical (unpaired) electrons. The first-order valence-corrected chi connectivity index (χ1v) is 12.4. The molecule has 1 aromatic heterocycles. The van der Waals surface area contributed by atoms with Crippen molar-refractivity contribution >= 4 is 5.91 Å². The fourth-order valence-electron chi connectivity index (χ4n) is 4.67. The summed E-state index contributed by atoms with van der Waals surface area (Å²) in [5, 5.41) is 0. The van der Waals surface area contributed by atoms with E-state index in [1.807, 2.05) is 37.2 Å². The molecule has 204 valence electrons. The molecule has 37 heavy (non-hydrogen) atoms. The molecular formula is C26H33F4N3O4. The second kappa shape index (κ2) is 10.6. The molecule has 0 spiro atoms. The summed E-state index contributed by atoms with van der Waals surface area (Å²) in [6, 6.07) is 4.38. The molecule has 2 aliphatic heterocycles. The standard InChI is InChI=1S/C26H33F4N3O4/c1-25(2,3)22-13-23(33(32(22)4)14-17-6-5-10-35-17)31-24(34)18-12-16(26(28,29)30)7-8-20(18)37-15-21-19(27)9-11-36-21/h7-8,12-13,17,19,21H,5-6,9-11,14-15H2,1-4H3/t17-,19-,21-/m1/s1. The lowest BCUT2D eigenvalue weighted by Gasteiger charge is -2.21. The molecule has 0 N–H and O–H groups in total. The van der Waals surface area contributed by atoms with Gasteiger partial charge < -0.3 is 14.2 Å². The van der Waals surface area contributed by atoms with E-state index < -0.39 is 29.9 Å². The Bertz CT molecular complexity index is 1190. The fraction of sp³-hybridized carbons (Fsp3) is 0.615. The van der Waals surface area contributed by atoms with Crippen molar-refractivity contribution in [3.05, 3.63) is 46.6 Å². The highest BCUT2D eigenvalue weighted by atomic mass is 19.4. The molecule has 2 aromatic rings. The maximum Gasteiger partial charge on any atom is 0.416 e. The lowest BCUT2D eigenvalue weighted by molar-refractivity contribution is -0.137. The van der Waals surface area contributed by atoms with E-state index in [1.165, 1.54) is 0 Å². The fourth-order valence-corrected chi connectivity index (χ4v) is 4.67. The van der Waals surface area contributed by atoms with Crippen molar-refractivity contribution in [2.24, 2.45) is 12.0 Å². The van der Waals surface area contributed by atoms with Crippen molar-refractivity contribution in [2.45, 2.75) is 76.5 Å². The molecule has 2 saturated heterocycles. The number of carbonyl (C=O) groups excluding carboxylic acids is 1. The quantitative estimate of drug-likeness (QED) is 0.517. The monoisotopic (exact) mass is 527 g/mol. The minimum absolute atomic E-state index is 0.0528. The van der Waals surface area contributed by atoms with Gasteiger partial charge in [-0.3, -0.25) is 14.2 Å². The summed E-state index contributed by atoms with van der Waals surface area (Å²) in [6.07, 6.45) is -4.80. The zero-order chi connectivity index (χ0) is 27.0. The highest BCUT2D eigenvalue weighted by molar-refractivity contribution is 5.97. The van der Waals surface area contributed by atoms with Crippen molar-refractivity contribution in [1.29, 1.82) is 0 Å². The van der Waals surface area contributed by atoms with Crippen LogP contribution in [0.3, 0.4) is 0 Å². The Labute approximate surface area is 213 Å². The lowest BCUT2D eigenvalue weighted by Crippen LogP contribution is -2.30. The number of hydrogen-bond donors (Lipinski definition) is 0. The predicted molar refractivity (Wildman–Crippen MR) is 127 cm³/mol. The number of amides is 1. The Balaban J connectivity index is 1.73. The summed E-state index contributed by atoms with van der Waals surface area (Å²) < 4.78 is 74.7. The molecule has 2 fully saturated rings. The van der Waals surface area contributed by atoms with Crippen LogP contribution in [0.15, 0.2) is 29.3 Å². The van der Waals surface area contributed by atoms with Gasteiger partial charge in [0.15, 0.2) is 5.49 Å². The molecular weight excluding hydrogens is 494 g/mol. The number of benzene rings is 1. The van der Waals surface area contributed by atoms with Crippen molar-refractivity contribution in [3.8, 4) is 5.75 Å². The third kappa shape index (κ3) is 6.26. The van der Waals surface area contributed by atoms with Crippen molar-refractivity contribution in [2.75, 3.05) is 19.8 Å². The van der Waals surface area contributed by atoms with Crippen LogP contribution in [0.2, 0.25) is 0 Å². The minimum atomic E-state index is -4.67. The van der Waals surface area contributed by atoms with Gasteiger partial charge in [-0.25, -0.2) is 4.39 Å². The Hall–Kier alpha value is -2.66. The highest BCUT2D eigenvalue weighted by Gasteiger charge is 2.33. The van der Waals surface area contributed by atoms with Gasteiger partial charge in [0, 0.05) is 37.3 Å². The first kappa shape index (κ1) is 27.4. The average Bonchev–Trinajstić information content (AvgIpc) is 3.54. The molecule has 1 amide bonds. The lowest BCUT2D eigenvalue weighted by atomic mass is 9.92. The van der Waals surface area contributed by atoms with Gasteiger partial charge in [-0.2, -0.15) is 18.2 Å². The average molecular weight is 528 g/mol. The number of ether oxygens (including phenoxy) is 3. The molecule has 0 saturated carbocycles. The Kier molecular flexibility index (Phi) is 7.85. The molecule has 0 unspecified atom stereocenters. The SMILES string of the molecule is Cn1c(C(C)(C)C)cc(=NC(=O)c2cc(C(F)(F)F)ccc2OC[C@H]2OCC[C@H]2F)n1C[C@H]1CCCO1. The van der Waals surface area contributed by atoms with Crippen molar-refractivity contribution in [3.63, 3.8) is 0 Å². The molecule has 3 heterocycles. The maximum atomic E-state index is 14.0. The number of rotatable bonds is 6. The largest absolute Gasteiger partial charge is 0.490 e. The van der Waals surface area contributed by atoms with E-state index in [1.54, 1.807) is 6.07 Å². The number of hydrogen-bond acceptors (Lipinski definition) is 4. The molecule has 7 nitrogen and oxygen atoms in total. The minimum Gasteiger partial charge on any atom is -0.490 e. The van der Waals surface area contributed by atoms with Gasteiger partial charge in [0.25, 0.3) is 5.91 Å². The van der Waals surface area contributed by atoms with E-state index in [-0.39, 0.29) is 42.5 Å². The number of halogens is 4. The molecule has 11 heteroatoms. The molecule has 0 aliphatic carbocycles. The maximum absolute atomic E-state index is 14.0. The van der Waals surface area contributed by atoms with Crippen LogP contribution in [-0.4, -0.2) is 53.5 Å². The van der Waals surface area contributed by atoms with E-state index >= 15 is 0 Å². The highest BCUT2D eigenvalue weighted by Crippen LogP contribution is 2.33. The first-order valence-electron chi connectivity index (χ1n) is 12.4. The van der Waals surface area contributed by atoms with Gasteiger partial charge in [-0.1, -0.05) is 20.8 Å². The normalized spacial score (nSPS) is 23.1. The van der Waals surface area contributed by atoms with Crippen LogP contribution in [0.25, 0.3) is 0 Å². The van der Waals surface area contributed by atoms with Crippen LogP contribution < -0.4 is 10.2 Å². The Morgan fingerprint density at radius 2 is 1.89 bits per heavy atom. The van der Waals surface area contributed by atoms with Crippen LogP contribution in [-0.2, 0) is 34.7 Å². The summed E-state index contributed by atoms with van der Waals surface area (Å²) in [7, 11) is 1.85. The van der Waals surface area contributed by atoms with Crippen LogP contribution in [0.4, 0.5) is 17.6 Å². The zero-order valence-corrected chi connectivity index (χ0v) is 21.5. The van der Waals surface area contributed by atoms with E-state index in [2.05, 4.69) is 4.99 Å². The Morgan fingerprint density at radius 1 is 1.14 bits per heavy atom. The van der Waals surface area contributed by atoms with E-state index in [4.69, 9.17) is 14.2 Å². The van der Waals surface area contributed by atoms with Gasteiger partial charge in [0.1, 0.15) is 24.6 Å². The zero-order valence-electron chi connectivity index (χ0n) is 21.5. The van der Waals surface area contributed by atoms with Gasteiger partial charge in [0.05, 0.1) is 30.4 Å². The van der Waals surface area contributed by atoms with Crippen molar-refractivity contribution < 1.29 is 36.6 Å². The van der Waals surface area contributed by atoms with Crippen molar-refractivity contribution in [1.82, 2.24) is 9.36 Å². The first-order chi connectivity index (χ1) is 17.3. The van der Waals surface area contributed by atoms with E-state index in [0.717, 1.165) is 36.7 Å². The van der Waals surface area contributed by atoms with E-state index in [9.17, 15) is 22.4 Å². The van der Waals surface area contributed by atoms with Crippen LogP contribution in [0.1, 0.15) is 61.6 Å². The smallest absolute Gasteiger partial charge is 0.416 e. The Morgan fingerprint density at radius 3 is 2.49 bits per heavy atom. The molecule has 1 aromatic carbocycles. The second-order valence-electron chi connectivity index (χ2n) is 10.5. The number of nitrogens with zero attached hydrogens (tertiary/aromatic N) is 3. The molecule has 2 aliphatic rings. The summed E-state index contributed by atoms with van der Waals surface area (Å²) in [4.78, 5) is 17.6. The van der Waals surface area contributed by atoms with Gasteiger partial charge in [0.2, 0.25) is 0 Å². The molecule has 0 bridgehead atoms. The summed E-state index contributed by atoms with van der Waals surface area (Å²) in [5.41, 5.74) is -0.440.